The maximum atomic E-state index is 11.7. The van der Waals surface area contributed by atoms with Crippen molar-refractivity contribution in [1.82, 2.24) is 5.32 Å². The Morgan fingerprint density at radius 1 is 1.18 bits per heavy atom. The first-order valence-corrected chi connectivity index (χ1v) is 8.37. The number of nitrogens with one attached hydrogen (secondary N) is 1. The van der Waals surface area contributed by atoms with Gasteiger partial charge >= 0.3 is 0 Å². The third-order valence-corrected chi connectivity index (χ3v) is 5.62. The first kappa shape index (κ1) is 12.9. The third kappa shape index (κ3) is 3.98. The van der Waals surface area contributed by atoms with Crippen LogP contribution in [0.25, 0.3) is 0 Å². The summed E-state index contributed by atoms with van der Waals surface area (Å²) >= 11 is 0. The van der Waals surface area contributed by atoms with E-state index in [1.54, 1.807) is 0 Å². The molecule has 1 unspecified atom stereocenters. The Morgan fingerprint density at radius 3 is 2.47 bits per heavy atom. The molecule has 1 saturated carbocycles. The van der Waals surface area contributed by atoms with Crippen LogP contribution in [-0.2, 0) is 14.6 Å². The number of carbonyl (C=O) groups is 1. The summed E-state index contributed by atoms with van der Waals surface area (Å²) in [6.07, 6.45) is 7.21. The van der Waals surface area contributed by atoms with Gasteiger partial charge in [0.05, 0.1) is 11.5 Å². The summed E-state index contributed by atoms with van der Waals surface area (Å²) in [6, 6.07) is -0.143. The lowest BCUT2D eigenvalue weighted by molar-refractivity contribution is -0.121. The van der Waals surface area contributed by atoms with Gasteiger partial charge in [-0.25, -0.2) is 8.42 Å². The van der Waals surface area contributed by atoms with E-state index in [0.29, 0.717) is 18.8 Å². The minimum absolute atomic E-state index is 0.0269. The van der Waals surface area contributed by atoms with Gasteiger partial charge in [0.2, 0.25) is 5.91 Å². The molecule has 1 atom stereocenters. The maximum absolute atomic E-state index is 11.7. The highest BCUT2D eigenvalue weighted by Crippen LogP contribution is 2.28. The molecular formula is C12H21NO3S. The van der Waals surface area contributed by atoms with Crippen LogP contribution in [0.2, 0.25) is 0 Å². The van der Waals surface area contributed by atoms with E-state index in [2.05, 4.69) is 5.32 Å². The number of sulfone groups is 1. The van der Waals surface area contributed by atoms with Gasteiger partial charge in [-0.2, -0.15) is 0 Å². The molecule has 5 heteroatoms. The Kier molecular flexibility index (Phi) is 4.07. The zero-order valence-electron chi connectivity index (χ0n) is 10.2. The Bertz CT molecular complexity index is 371. The van der Waals surface area contributed by atoms with E-state index in [1.807, 2.05) is 0 Å². The average molecular weight is 259 g/mol. The van der Waals surface area contributed by atoms with E-state index in [9.17, 15) is 13.2 Å². The van der Waals surface area contributed by atoms with Crippen LogP contribution >= 0.6 is 0 Å². The summed E-state index contributed by atoms with van der Waals surface area (Å²) in [7, 11) is -2.89. The molecule has 0 aromatic heterocycles. The number of hydrogen-bond donors (Lipinski definition) is 1. The maximum Gasteiger partial charge on any atom is 0.220 e. The summed E-state index contributed by atoms with van der Waals surface area (Å²) in [4.78, 5) is 11.7. The van der Waals surface area contributed by atoms with Crippen molar-refractivity contribution < 1.29 is 13.2 Å². The average Bonchev–Trinajstić information content (AvgIpc) is 2.85. The smallest absolute Gasteiger partial charge is 0.220 e. The number of hydrogen-bond acceptors (Lipinski definition) is 3. The molecule has 0 aromatic rings. The lowest BCUT2D eigenvalue weighted by Crippen LogP contribution is -2.35. The second-order valence-electron chi connectivity index (χ2n) is 5.36. The summed E-state index contributed by atoms with van der Waals surface area (Å²) in [5.41, 5.74) is 0. The standard InChI is InChI=1S/C12H21NO3S/c14-12(6-5-10-3-1-2-4-10)13-11-7-8-17(15,16)9-11/h10-11H,1-9H2,(H,13,14). The van der Waals surface area contributed by atoms with Gasteiger partial charge in [0.25, 0.3) is 0 Å². The largest absolute Gasteiger partial charge is 0.352 e. The quantitative estimate of drug-likeness (QED) is 0.826. The minimum Gasteiger partial charge on any atom is -0.352 e. The van der Waals surface area contributed by atoms with Crippen LogP contribution in [0.3, 0.4) is 0 Å². The molecule has 0 bridgehead atoms. The van der Waals surface area contributed by atoms with E-state index in [4.69, 9.17) is 0 Å². The normalized spacial score (nSPS) is 28.4. The summed E-state index contributed by atoms with van der Waals surface area (Å²) in [5.74, 6) is 1.09. The zero-order chi connectivity index (χ0) is 12.3. The summed E-state index contributed by atoms with van der Waals surface area (Å²) in [5, 5.41) is 2.84. The van der Waals surface area contributed by atoms with Gasteiger partial charge < -0.3 is 5.32 Å². The molecule has 17 heavy (non-hydrogen) atoms. The second kappa shape index (κ2) is 5.38. The van der Waals surface area contributed by atoms with Gasteiger partial charge in [-0.05, 0) is 18.8 Å². The van der Waals surface area contributed by atoms with Gasteiger partial charge in [-0.15, -0.1) is 0 Å². The van der Waals surface area contributed by atoms with Crippen molar-refractivity contribution >= 4 is 15.7 Å². The molecule has 0 spiro atoms. The van der Waals surface area contributed by atoms with Crippen LogP contribution in [-0.4, -0.2) is 31.9 Å². The van der Waals surface area contributed by atoms with Crippen molar-refractivity contribution in [2.75, 3.05) is 11.5 Å². The lowest BCUT2D eigenvalue weighted by atomic mass is 10.0. The fourth-order valence-electron chi connectivity index (χ4n) is 2.84. The highest BCUT2D eigenvalue weighted by atomic mass is 32.2. The third-order valence-electron chi connectivity index (χ3n) is 3.85. The van der Waals surface area contributed by atoms with Crippen LogP contribution in [0.5, 0.6) is 0 Å². The van der Waals surface area contributed by atoms with Crippen LogP contribution in [0.15, 0.2) is 0 Å². The van der Waals surface area contributed by atoms with E-state index in [-0.39, 0.29) is 23.5 Å². The van der Waals surface area contributed by atoms with Gasteiger partial charge in [0.1, 0.15) is 0 Å². The molecule has 0 aromatic carbocycles. The fourth-order valence-corrected chi connectivity index (χ4v) is 4.52. The molecule has 1 N–H and O–H groups in total. The van der Waals surface area contributed by atoms with E-state index >= 15 is 0 Å². The van der Waals surface area contributed by atoms with Crippen molar-refractivity contribution in [3.05, 3.63) is 0 Å². The zero-order valence-corrected chi connectivity index (χ0v) is 11.0. The van der Waals surface area contributed by atoms with Gasteiger partial charge in [0, 0.05) is 12.5 Å². The second-order valence-corrected chi connectivity index (χ2v) is 7.59. The summed E-state index contributed by atoms with van der Waals surface area (Å²) in [6.45, 7) is 0. The number of rotatable bonds is 4. The van der Waals surface area contributed by atoms with Gasteiger partial charge in [0.15, 0.2) is 9.84 Å². The lowest BCUT2D eigenvalue weighted by Gasteiger charge is -2.12. The van der Waals surface area contributed by atoms with E-state index in [0.717, 1.165) is 6.42 Å². The van der Waals surface area contributed by atoms with Crippen molar-refractivity contribution in [1.29, 1.82) is 0 Å². The van der Waals surface area contributed by atoms with Crippen LogP contribution in [0.4, 0.5) is 0 Å². The SMILES string of the molecule is O=C(CCC1CCCC1)NC1CCS(=O)(=O)C1. The Balaban J connectivity index is 1.67. The molecule has 1 saturated heterocycles. The molecule has 2 rings (SSSR count). The van der Waals surface area contributed by atoms with Gasteiger partial charge in [-0.1, -0.05) is 25.7 Å². The van der Waals surface area contributed by atoms with Crippen molar-refractivity contribution in [2.24, 2.45) is 5.92 Å². The number of carbonyl (C=O) groups excluding carboxylic acids is 1. The molecule has 1 aliphatic heterocycles. The van der Waals surface area contributed by atoms with Crippen LogP contribution < -0.4 is 5.32 Å². The van der Waals surface area contributed by atoms with Crippen molar-refractivity contribution in [2.45, 2.75) is 51.0 Å². The fraction of sp³-hybridized carbons (Fsp3) is 0.917. The topological polar surface area (TPSA) is 63.2 Å². The summed E-state index contributed by atoms with van der Waals surface area (Å²) < 4.78 is 22.5. The molecule has 98 valence electrons. The molecule has 4 nitrogen and oxygen atoms in total. The highest BCUT2D eigenvalue weighted by molar-refractivity contribution is 7.91. The Hall–Kier alpha value is -0.580. The van der Waals surface area contributed by atoms with E-state index < -0.39 is 9.84 Å². The molecule has 1 amide bonds. The molecule has 2 fully saturated rings. The molecule has 1 aliphatic carbocycles. The minimum atomic E-state index is -2.89. The monoisotopic (exact) mass is 259 g/mol. The first-order valence-electron chi connectivity index (χ1n) is 6.55. The van der Waals surface area contributed by atoms with Crippen LogP contribution in [0.1, 0.15) is 44.9 Å². The van der Waals surface area contributed by atoms with Crippen LogP contribution in [0, 0.1) is 5.92 Å². The first-order chi connectivity index (χ1) is 8.05. The Labute approximate surface area is 103 Å². The number of amides is 1. The molecular weight excluding hydrogens is 238 g/mol. The molecule has 1 heterocycles. The predicted octanol–water partition coefficient (Wildman–Crippen LogP) is 1.26. The molecule has 2 aliphatic rings. The Morgan fingerprint density at radius 2 is 1.88 bits per heavy atom. The van der Waals surface area contributed by atoms with Crippen molar-refractivity contribution in [3.63, 3.8) is 0 Å². The predicted molar refractivity (Wildman–Crippen MR) is 66.4 cm³/mol. The van der Waals surface area contributed by atoms with E-state index in [1.165, 1.54) is 25.7 Å². The highest BCUT2D eigenvalue weighted by Gasteiger charge is 2.28. The molecule has 0 radical (unpaired) electrons. The van der Waals surface area contributed by atoms with Gasteiger partial charge in [-0.3, -0.25) is 4.79 Å². The van der Waals surface area contributed by atoms with Crippen molar-refractivity contribution in [3.8, 4) is 0 Å².